The highest BCUT2D eigenvalue weighted by molar-refractivity contribution is 5.67. The van der Waals surface area contributed by atoms with Crippen molar-refractivity contribution in [2.24, 2.45) is 9.98 Å². The zero-order valence-corrected chi connectivity index (χ0v) is 19.1. The molecule has 0 saturated heterocycles. The Kier molecular flexibility index (Phi) is 22.5. The van der Waals surface area contributed by atoms with Crippen LogP contribution in [-0.4, -0.2) is 63.7 Å². The van der Waals surface area contributed by atoms with E-state index in [0.29, 0.717) is 39.4 Å². The molecular formula is C22H38N4O6. The maximum atomic E-state index is 11.5. The molecule has 0 spiro atoms. The lowest BCUT2D eigenvalue weighted by atomic mass is 10.2. The Morgan fingerprint density at radius 2 is 0.938 bits per heavy atom. The minimum Gasteiger partial charge on any atom is -0.450 e. The summed E-state index contributed by atoms with van der Waals surface area (Å²) in [6, 6.07) is 0. The van der Waals surface area contributed by atoms with Crippen LogP contribution in [0.15, 0.2) is 9.98 Å². The first-order chi connectivity index (χ1) is 15.7. The number of amides is 2. The van der Waals surface area contributed by atoms with Gasteiger partial charge in [-0.25, -0.2) is 29.2 Å². The Balaban J connectivity index is 3.30. The fourth-order valence-corrected chi connectivity index (χ4v) is 2.80. The van der Waals surface area contributed by atoms with E-state index in [0.717, 1.165) is 77.0 Å². The SMILES string of the molecule is O=C=NCCCCCCNC(=O)OCCCCCCOC(=O)NCCCCCCN=C=O. The molecule has 0 unspecified atom stereocenters. The molecule has 0 bridgehead atoms. The molecule has 0 aromatic heterocycles. The van der Waals surface area contributed by atoms with E-state index in [2.05, 4.69) is 20.6 Å². The first kappa shape index (κ1) is 29.3. The van der Waals surface area contributed by atoms with Crippen molar-refractivity contribution in [3.63, 3.8) is 0 Å². The first-order valence-electron chi connectivity index (χ1n) is 11.6. The fraction of sp³-hybridized carbons (Fsp3) is 0.818. The van der Waals surface area contributed by atoms with Crippen molar-refractivity contribution in [2.75, 3.05) is 39.4 Å². The highest BCUT2D eigenvalue weighted by Gasteiger charge is 2.02. The lowest BCUT2D eigenvalue weighted by Gasteiger charge is -2.08. The van der Waals surface area contributed by atoms with Gasteiger partial charge in [0.1, 0.15) is 0 Å². The van der Waals surface area contributed by atoms with Crippen LogP contribution in [0.3, 0.4) is 0 Å². The number of hydrogen-bond acceptors (Lipinski definition) is 8. The van der Waals surface area contributed by atoms with Crippen LogP contribution in [0.25, 0.3) is 0 Å². The monoisotopic (exact) mass is 454 g/mol. The third-order valence-corrected chi connectivity index (χ3v) is 4.57. The minimum absolute atomic E-state index is 0.373. The van der Waals surface area contributed by atoms with Gasteiger partial charge < -0.3 is 20.1 Å². The van der Waals surface area contributed by atoms with E-state index in [4.69, 9.17) is 9.47 Å². The smallest absolute Gasteiger partial charge is 0.407 e. The molecule has 0 rings (SSSR count). The second-order valence-electron chi connectivity index (χ2n) is 7.31. The summed E-state index contributed by atoms with van der Waals surface area (Å²) < 4.78 is 10.2. The largest absolute Gasteiger partial charge is 0.450 e. The summed E-state index contributed by atoms with van der Waals surface area (Å²) >= 11 is 0. The molecular weight excluding hydrogens is 416 g/mol. The van der Waals surface area contributed by atoms with Crippen molar-refractivity contribution in [3.8, 4) is 0 Å². The number of rotatable bonds is 21. The average Bonchev–Trinajstić information content (AvgIpc) is 2.79. The van der Waals surface area contributed by atoms with Crippen LogP contribution in [0.5, 0.6) is 0 Å². The predicted octanol–water partition coefficient (Wildman–Crippen LogP) is 3.79. The Morgan fingerprint density at radius 3 is 1.34 bits per heavy atom. The third kappa shape index (κ3) is 23.6. The molecule has 10 heteroatoms. The van der Waals surface area contributed by atoms with Crippen LogP contribution in [0, 0.1) is 0 Å². The van der Waals surface area contributed by atoms with Gasteiger partial charge in [-0.05, 0) is 51.4 Å². The van der Waals surface area contributed by atoms with Crippen molar-refractivity contribution in [1.29, 1.82) is 0 Å². The molecule has 0 heterocycles. The van der Waals surface area contributed by atoms with Crippen molar-refractivity contribution in [1.82, 2.24) is 10.6 Å². The molecule has 0 aliphatic carbocycles. The number of unbranched alkanes of at least 4 members (excludes halogenated alkanes) is 9. The zero-order chi connectivity index (χ0) is 23.5. The highest BCUT2D eigenvalue weighted by atomic mass is 16.6. The van der Waals surface area contributed by atoms with E-state index in [9.17, 15) is 19.2 Å². The lowest BCUT2D eigenvalue weighted by molar-refractivity contribution is 0.138. The van der Waals surface area contributed by atoms with Crippen molar-refractivity contribution < 1.29 is 28.7 Å². The van der Waals surface area contributed by atoms with E-state index >= 15 is 0 Å². The molecule has 0 aromatic carbocycles. The van der Waals surface area contributed by atoms with E-state index in [1.165, 1.54) is 12.2 Å². The van der Waals surface area contributed by atoms with Crippen molar-refractivity contribution >= 4 is 24.3 Å². The summed E-state index contributed by atoms with van der Waals surface area (Å²) in [4.78, 5) is 49.9. The van der Waals surface area contributed by atoms with Crippen LogP contribution in [0.1, 0.15) is 77.0 Å². The van der Waals surface area contributed by atoms with Crippen LogP contribution in [0.4, 0.5) is 9.59 Å². The molecule has 0 saturated carbocycles. The predicted molar refractivity (Wildman–Crippen MR) is 120 cm³/mol. The molecule has 0 aliphatic heterocycles. The minimum atomic E-state index is -0.398. The second-order valence-corrected chi connectivity index (χ2v) is 7.31. The van der Waals surface area contributed by atoms with Gasteiger partial charge >= 0.3 is 12.2 Å². The summed E-state index contributed by atoms with van der Waals surface area (Å²) in [6.45, 7) is 2.93. The molecule has 2 N–H and O–H groups in total. The quantitative estimate of drug-likeness (QED) is 0.154. The van der Waals surface area contributed by atoms with Gasteiger partial charge in [0.25, 0.3) is 0 Å². The molecule has 0 aromatic rings. The lowest BCUT2D eigenvalue weighted by Crippen LogP contribution is -2.25. The van der Waals surface area contributed by atoms with Gasteiger partial charge in [0, 0.05) is 13.1 Å². The number of aliphatic imine (C=N–C) groups is 2. The van der Waals surface area contributed by atoms with Gasteiger partial charge in [-0.15, -0.1) is 0 Å². The summed E-state index contributed by atoms with van der Waals surface area (Å²) in [5.41, 5.74) is 0. The van der Waals surface area contributed by atoms with Crippen LogP contribution < -0.4 is 10.6 Å². The standard InChI is InChI=1S/C22H38N4O6/c27-19-23-13-7-1-3-9-15-25-21(29)31-17-11-5-6-12-18-32-22(30)26-16-10-4-2-8-14-24-20-28/h1-18H2,(H,25,29)(H,26,30). The zero-order valence-electron chi connectivity index (χ0n) is 19.1. The van der Waals surface area contributed by atoms with E-state index in [1.54, 1.807) is 0 Å². The number of hydrogen-bond donors (Lipinski definition) is 2. The van der Waals surface area contributed by atoms with Gasteiger partial charge in [0.2, 0.25) is 12.2 Å². The maximum Gasteiger partial charge on any atom is 0.407 e. The highest BCUT2D eigenvalue weighted by Crippen LogP contribution is 2.02. The molecule has 0 aliphatic rings. The first-order valence-corrected chi connectivity index (χ1v) is 11.6. The van der Waals surface area contributed by atoms with E-state index in [-0.39, 0.29) is 0 Å². The Labute approximate surface area is 190 Å². The summed E-state index contributed by atoms with van der Waals surface area (Å²) in [5.74, 6) is 0. The number of alkyl carbamates (subject to hydrolysis) is 2. The number of nitrogens with zero attached hydrogens (tertiary/aromatic N) is 2. The van der Waals surface area contributed by atoms with E-state index in [1.807, 2.05) is 0 Å². The number of isocyanates is 2. The van der Waals surface area contributed by atoms with Gasteiger partial charge in [0.15, 0.2) is 0 Å². The van der Waals surface area contributed by atoms with Crippen molar-refractivity contribution in [3.05, 3.63) is 0 Å². The number of carbonyl (C=O) groups is 2. The second kappa shape index (κ2) is 24.6. The fourth-order valence-electron chi connectivity index (χ4n) is 2.80. The van der Waals surface area contributed by atoms with Crippen LogP contribution in [0.2, 0.25) is 0 Å². The molecule has 2 amide bonds. The molecule has 32 heavy (non-hydrogen) atoms. The molecule has 0 atom stereocenters. The normalized spacial score (nSPS) is 9.88. The number of nitrogens with one attached hydrogen (secondary N) is 2. The maximum absolute atomic E-state index is 11.5. The molecule has 0 radical (unpaired) electrons. The van der Waals surface area contributed by atoms with E-state index < -0.39 is 12.2 Å². The Hall–Kier alpha value is -2.70. The molecule has 182 valence electrons. The third-order valence-electron chi connectivity index (χ3n) is 4.57. The van der Waals surface area contributed by atoms with Crippen LogP contribution in [-0.2, 0) is 19.1 Å². The molecule has 10 nitrogen and oxygen atoms in total. The number of ether oxygens (including phenoxy) is 2. The molecule has 0 fully saturated rings. The Morgan fingerprint density at radius 1 is 0.562 bits per heavy atom. The van der Waals surface area contributed by atoms with Crippen molar-refractivity contribution in [2.45, 2.75) is 77.0 Å². The van der Waals surface area contributed by atoms with Gasteiger partial charge in [-0.1, -0.05) is 25.7 Å². The number of carbonyl (C=O) groups excluding carboxylic acids is 4. The van der Waals surface area contributed by atoms with Crippen LogP contribution >= 0.6 is 0 Å². The Bertz CT molecular complexity index is 525. The van der Waals surface area contributed by atoms with Gasteiger partial charge in [0.05, 0.1) is 26.3 Å². The summed E-state index contributed by atoms with van der Waals surface area (Å²) in [6.07, 6.45) is 12.9. The van der Waals surface area contributed by atoms with Gasteiger partial charge in [-0.2, -0.15) is 0 Å². The topological polar surface area (TPSA) is 136 Å². The average molecular weight is 455 g/mol. The summed E-state index contributed by atoms with van der Waals surface area (Å²) in [5, 5.41) is 5.43. The summed E-state index contributed by atoms with van der Waals surface area (Å²) in [7, 11) is 0. The van der Waals surface area contributed by atoms with Gasteiger partial charge in [-0.3, -0.25) is 0 Å².